The van der Waals surface area contributed by atoms with Crippen LogP contribution in [0.5, 0.6) is 0 Å². The number of carbonyl (C=O) groups is 1. The number of amides is 1. The van der Waals surface area contributed by atoms with Crippen molar-refractivity contribution in [3.05, 3.63) is 52.8 Å². The lowest BCUT2D eigenvalue weighted by atomic mass is 10.2. The topological polar surface area (TPSA) is 78.5 Å². The van der Waals surface area contributed by atoms with Crippen LogP contribution < -0.4 is 10.2 Å². The van der Waals surface area contributed by atoms with Gasteiger partial charge in [0.05, 0.1) is 13.2 Å². The van der Waals surface area contributed by atoms with E-state index in [1.54, 1.807) is 30.3 Å². The zero-order chi connectivity index (χ0) is 17.6. The molecule has 0 bridgehead atoms. The van der Waals surface area contributed by atoms with E-state index in [-0.39, 0.29) is 5.57 Å². The van der Waals surface area contributed by atoms with Gasteiger partial charge in [-0.15, -0.1) is 0 Å². The van der Waals surface area contributed by atoms with E-state index in [1.165, 1.54) is 6.08 Å². The molecule has 1 aromatic heterocycles. The van der Waals surface area contributed by atoms with Gasteiger partial charge >= 0.3 is 0 Å². The fraction of sp³-hybridized carbons (Fsp3) is 0.222. The van der Waals surface area contributed by atoms with Gasteiger partial charge in [0.15, 0.2) is 5.88 Å². The van der Waals surface area contributed by atoms with Gasteiger partial charge < -0.3 is 19.4 Å². The van der Waals surface area contributed by atoms with Crippen molar-refractivity contribution in [3.8, 4) is 6.07 Å². The summed E-state index contributed by atoms with van der Waals surface area (Å²) in [4.78, 5) is 14.3. The second kappa shape index (κ2) is 7.88. The molecular formula is C18H16ClN3O3. The summed E-state index contributed by atoms with van der Waals surface area (Å²) in [7, 11) is 0. The fourth-order valence-corrected chi connectivity index (χ4v) is 2.62. The first-order valence-corrected chi connectivity index (χ1v) is 8.15. The largest absolute Gasteiger partial charge is 0.441 e. The maximum absolute atomic E-state index is 12.3. The number of hydrogen-bond acceptors (Lipinski definition) is 5. The number of nitriles is 1. The minimum absolute atomic E-state index is 0.0529. The number of morpholine rings is 1. The maximum atomic E-state index is 12.3. The Morgan fingerprint density at radius 3 is 2.80 bits per heavy atom. The Labute approximate surface area is 150 Å². The number of halogens is 1. The summed E-state index contributed by atoms with van der Waals surface area (Å²) in [5, 5.41) is 12.4. The normalized spacial score (nSPS) is 14.9. The van der Waals surface area contributed by atoms with E-state index in [2.05, 4.69) is 10.2 Å². The molecule has 0 atom stereocenters. The molecule has 1 aliphatic rings. The molecule has 1 saturated heterocycles. The number of nitrogens with zero attached hydrogens (tertiary/aromatic N) is 2. The molecule has 0 spiro atoms. The van der Waals surface area contributed by atoms with Crippen LogP contribution in [0.1, 0.15) is 5.76 Å². The van der Waals surface area contributed by atoms with Crippen molar-refractivity contribution in [2.75, 3.05) is 36.5 Å². The molecule has 0 unspecified atom stereocenters. The number of benzene rings is 1. The molecule has 128 valence electrons. The zero-order valence-electron chi connectivity index (χ0n) is 13.4. The van der Waals surface area contributed by atoms with E-state index in [0.717, 1.165) is 13.1 Å². The van der Waals surface area contributed by atoms with Gasteiger partial charge in [0.1, 0.15) is 17.4 Å². The minimum Gasteiger partial charge on any atom is -0.441 e. The molecule has 25 heavy (non-hydrogen) atoms. The maximum Gasteiger partial charge on any atom is 0.266 e. The van der Waals surface area contributed by atoms with Crippen molar-refractivity contribution >= 4 is 35.2 Å². The Hall–Kier alpha value is -2.75. The van der Waals surface area contributed by atoms with Crippen molar-refractivity contribution < 1.29 is 13.9 Å². The standard InChI is InChI=1S/C18H16ClN3O3/c19-14-2-1-3-15(11-14)21-18(23)13(12-20)10-16-4-5-17(25-16)22-6-8-24-9-7-22/h1-5,10-11H,6-9H2,(H,21,23)/b13-10-. The van der Waals surface area contributed by atoms with Crippen LogP contribution in [0.15, 0.2) is 46.4 Å². The Morgan fingerprint density at radius 2 is 2.08 bits per heavy atom. The molecule has 1 fully saturated rings. The highest BCUT2D eigenvalue weighted by molar-refractivity contribution is 6.31. The van der Waals surface area contributed by atoms with Gasteiger partial charge in [-0.05, 0) is 24.3 Å². The SMILES string of the molecule is N#C/C(=C/c1ccc(N2CCOCC2)o1)C(=O)Nc1cccc(Cl)c1. The van der Waals surface area contributed by atoms with E-state index in [9.17, 15) is 10.1 Å². The molecule has 1 aliphatic heterocycles. The van der Waals surface area contributed by atoms with Gasteiger partial charge in [-0.2, -0.15) is 5.26 Å². The first-order chi connectivity index (χ1) is 12.2. The number of rotatable bonds is 4. The van der Waals surface area contributed by atoms with E-state index in [1.807, 2.05) is 12.1 Å². The van der Waals surface area contributed by atoms with Gasteiger partial charge in [0.2, 0.25) is 0 Å². The molecule has 6 nitrogen and oxygen atoms in total. The number of hydrogen-bond donors (Lipinski definition) is 1. The summed E-state index contributed by atoms with van der Waals surface area (Å²) in [5.41, 5.74) is 0.468. The highest BCUT2D eigenvalue weighted by Gasteiger charge is 2.15. The van der Waals surface area contributed by atoms with Gasteiger partial charge in [0, 0.05) is 35.9 Å². The molecule has 0 radical (unpaired) electrons. The molecule has 1 amide bonds. The number of nitrogens with one attached hydrogen (secondary N) is 1. The summed E-state index contributed by atoms with van der Waals surface area (Å²) in [6.45, 7) is 2.79. The van der Waals surface area contributed by atoms with Gasteiger partial charge in [-0.25, -0.2) is 0 Å². The number of furan rings is 1. The first-order valence-electron chi connectivity index (χ1n) is 7.77. The second-order valence-electron chi connectivity index (χ2n) is 5.41. The third-order valence-corrected chi connectivity index (χ3v) is 3.90. The van der Waals surface area contributed by atoms with E-state index >= 15 is 0 Å². The summed E-state index contributed by atoms with van der Waals surface area (Å²) in [5.74, 6) is 0.621. The van der Waals surface area contributed by atoms with Crippen molar-refractivity contribution in [1.82, 2.24) is 0 Å². The quantitative estimate of drug-likeness (QED) is 0.670. The predicted octanol–water partition coefficient (Wildman–Crippen LogP) is 3.32. The first kappa shape index (κ1) is 17.1. The lowest BCUT2D eigenvalue weighted by Crippen LogP contribution is -2.35. The van der Waals surface area contributed by atoms with Gasteiger partial charge in [-0.1, -0.05) is 17.7 Å². The lowest BCUT2D eigenvalue weighted by Gasteiger charge is -2.26. The van der Waals surface area contributed by atoms with Crippen LogP contribution >= 0.6 is 11.6 Å². The summed E-state index contributed by atoms with van der Waals surface area (Å²) in [6, 6.07) is 12.2. The Kier molecular flexibility index (Phi) is 5.39. The van der Waals surface area contributed by atoms with Crippen molar-refractivity contribution in [2.24, 2.45) is 0 Å². The van der Waals surface area contributed by atoms with Crippen LogP contribution in [0.25, 0.3) is 6.08 Å². The average Bonchev–Trinajstić information content (AvgIpc) is 3.09. The third-order valence-electron chi connectivity index (χ3n) is 3.67. The molecule has 3 rings (SSSR count). The van der Waals surface area contributed by atoms with E-state index in [0.29, 0.717) is 35.6 Å². The van der Waals surface area contributed by atoms with Crippen molar-refractivity contribution in [3.63, 3.8) is 0 Å². The van der Waals surface area contributed by atoms with Gasteiger partial charge in [0.25, 0.3) is 5.91 Å². The van der Waals surface area contributed by atoms with Crippen LogP contribution in [-0.2, 0) is 9.53 Å². The summed E-state index contributed by atoms with van der Waals surface area (Å²) in [6.07, 6.45) is 1.42. The molecule has 7 heteroatoms. The second-order valence-corrected chi connectivity index (χ2v) is 5.85. The smallest absolute Gasteiger partial charge is 0.266 e. The fourth-order valence-electron chi connectivity index (χ4n) is 2.43. The van der Waals surface area contributed by atoms with Crippen molar-refractivity contribution in [1.29, 1.82) is 5.26 Å². The molecule has 0 aliphatic carbocycles. The molecule has 1 N–H and O–H groups in total. The zero-order valence-corrected chi connectivity index (χ0v) is 14.1. The monoisotopic (exact) mass is 357 g/mol. The van der Waals surface area contributed by atoms with Crippen molar-refractivity contribution in [2.45, 2.75) is 0 Å². The molecular weight excluding hydrogens is 342 g/mol. The summed E-state index contributed by atoms with van der Waals surface area (Å²) < 4.78 is 11.0. The highest BCUT2D eigenvalue weighted by atomic mass is 35.5. The Bertz CT molecular complexity index is 832. The minimum atomic E-state index is -0.519. The van der Waals surface area contributed by atoms with Crippen LogP contribution in [0.4, 0.5) is 11.6 Å². The molecule has 1 aromatic carbocycles. The van der Waals surface area contributed by atoms with Crippen LogP contribution in [0.2, 0.25) is 5.02 Å². The molecule has 0 saturated carbocycles. The Morgan fingerprint density at radius 1 is 1.28 bits per heavy atom. The third kappa shape index (κ3) is 4.41. The molecule has 2 aromatic rings. The molecule has 2 heterocycles. The van der Waals surface area contributed by atoms with Crippen LogP contribution in [0.3, 0.4) is 0 Å². The van der Waals surface area contributed by atoms with E-state index < -0.39 is 5.91 Å². The number of ether oxygens (including phenoxy) is 1. The predicted molar refractivity (Wildman–Crippen MR) is 95.4 cm³/mol. The number of anilines is 2. The van der Waals surface area contributed by atoms with Gasteiger partial charge in [-0.3, -0.25) is 4.79 Å². The van der Waals surface area contributed by atoms with Crippen LogP contribution in [0, 0.1) is 11.3 Å². The highest BCUT2D eigenvalue weighted by Crippen LogP contribution is 2.22. The average molecular weight is 358 g/mol. The Balaban J connectivity index is 1.72. The van der Waals surface area contributed by atoms with E-state index in [4.69, 9.17) is 20.8 Å². The summed E-state index contributed by atoms with van der Waals surface area (Å²) >= 11 is 5.89. The lowest BCUT2D eigenvalue weighted by molar-refractivity contribution is -0.112. The number of carbonyl (C=O) groups excluding carboxylic acids is 1. The van der Waals surface area contributed by atoms with Crippen LogP contribution in [-0.4, -0.2) is 32.2 Å².